The van der Waals surface area contributed by atoms with Gasteiger partial charge in [-0.3, -0.25) is 10.2 Å². The zero-order valence-corrected chi connectivity index (χ0v) is 8.61. The molecule has 0 bridgehead atoms. The van der Waals surface area contributed by atoms with E-state index in [4.69, 9.17) is 0 Å². The van der Waals surface area contributed by atoms with Crippen LogP contribution in [-0.2, 0) is 4.79 Å². The molecule has 1 unspecified atom stereocenters. The van der Waals surface area contributed by atoms with Crippen LogP contribution in [0, 0.1) is 5.41 Å². The van der Waals surface area contributed by atoms with E-state index in [0.717, 1.165) is 0 Å². The molecule has 1 fully saturated rings. The fourth-order valence-electron chi connectivity index (χ4n) is 1.57. The van der Waals surface area contributed by atoms with Crippen LogP contribution < -0.4 is 10.7 Å². The summed E-state index contributed by atoms with van der Waals surface area (Å²) in [5.74, 6) is -0.995. The second-order valence-electron chi connectivity index (χ2n) is 3.84. The second kappa shape index (κ2) is 3.97. The first-order valence-corrected chi connectivity index (χ1v) is 4.55. The van der Waals surface area contributed by atoms with Gasteiger partial charge >= 0.3 is 6.18 Å². The Morgan fingerprint density at radius 3 is 2.40 bits per heavy atom. The first-order chi connectivity index (χ1) is 6.79. The van der Waals surface area contributed by atoms with Crippen molar-refractivity contribution in [2.75, 3.05) is 27.2 Å². The third-order valence-corrected chi connectivity index (χ3v) is 2.46. The molecule has 0 aromatic carbocycles. The van der Waals surface area contributed by atoms with Crippen LogP contribution in [0.4, 0.5) is 13.2 Å². The minimum atomic E-state index is -4.52. The second-order valence-corrected chi connectivity index (χ2v) is 3.84. The number of rotatable bonds is 2. The lowest BCUT2D eigenvalue weighted by Gasteiger charge is -2.30. The number of carbonyl (C=O) groups excluding carboxylic acids is 1. The number of hydrogen-bond acceptors (Lipinski definition) is 3. The first-order valence-electron chi connectivity index (χ1n) is 4.55. The minimum Gasteiger partial charge on any atom is -0.315 e. The van der Waals surface area contributed by atoms with E-state index in [0.29, 0.717) is 0 Å². The maximum Gasteiger partial charge on any atom is 0.404 e. The molecule has 1 amide bonds. The van der Waals surface area contributed by atoms with E-state index >= 15 is 0 Å². The molecular weight excluding hydrogens is 211 g/mol. The van der Waals surface area contributed by atoms with Crippen LogP contribution in [0.2, 0.25) is 0 Å². The van der Waals surface area contributed by atoms with Gasteiger partial charge in [-0.25, -0.2) is 5.01 Å². The molecule has 0 radical (unpaired) electrons. The molecule has 88 valence electrons. The number of hydrogen-bond donors (Lipinski definition) is 2. The standard InChI is InChI=1S/C8H14F3N3O/c1-14(2)13-6(15)7(8(9,10)11)3-4-12-5-7/h12H,3-5H2,1-2H3,(H,13,15). The average Bonchev–Trinajstić information content (AvgIpc) is 2.49. The Labute approximate surface area is 85.8 Å². The molecule has 1 rings (SSSR count). The minimum absolute atomic E-state index is 0.209. The summed E-state index contributed by atoms with van der Waals surface area (Å²) in [6.07, 6.45) is -4.73. The van der Waals surface area contributed by atoms with Crippen LogP contribution in [-0.4, -0.2) is 44.3 Å². The molecule has 0 aromatic heterocycles. The van der Waals surface area contributed by atoms with Crippen molar-refractivity contribution in [3.05, 3.63) is 0 Å². The molecule has 1 saturated heterocycles. The summed E-state index contributed by atoms with van der Waals surface area (Å²) in [6.45, 7) is -0.142. The van der Waals surface area contributed by atoms with Gasteiger partial charge in [0, 0.05) is 20.6 Å². The predicted molar refractivity (Wildman–Crippen MR) is 47.8 cm³/mol. The highest BCUT2D eigenvalue weighted by molar-refractivity contribution is 5.83. The maximum atomic E-state index is 12.8. The summed E-state index contributed by atoms with van der Waals surface area (Å²) in [5, 5.41) is 3.79. The average molecular weight is 225 g/mol. The summed E-state index contributed by atoms with van der Waals surface area (Å²) >= 11 is 0. The van der Waals surface area contributed by atoms with E-state index in [2.05, 4.69) is 10.7 Å². The molecule has 1 heterocycles. The Hall–Kier alpha value is -0.820. The lowest BCUT2D eigenvalue weighted by molar-refractivity contribution is -0.217. The van der Waals surface area contributed by atoms with Crippen molar-refractivity contribution in [1.82, 2.24) is 15.8 Å². The number of carbonyl (C=O) groups is 1. The van der Waals surface area contributed by atoms with Crippen molar-refractivity contribution in [3.63, 3.8) is 0 Å². The SMILES string of the molecule is CN(C)NC(=O)C1(C(F)(F)F)CCNC1. The molecule has 0 saturated carbocycles. The topological polar surface area (TPSA) is 44.4 Å². The lowest BCUT2D eigenvalue weighted by Crippen LogP contribution is -2.55. The normalized spacial score (nSPS) is 27.1. The molecule has 4 nitrogen and oxygen atoms in total. The molecule has 15 heavy (non-hydrogen) atoms. The summed E-state index contributed by atoms with van der Waals surface area (Å²) in [5.41, 5.74) is -0.114. The smallest absolute Gasteiger partial charge is 0.315 e. The molecule has 0 spiro atoms. The van der Waals surface area contributed by atoms with Crippen molar-refractivity contribution in [3.8, 4) is 0 Å². The fraction of sp³-hybridized carbons (Fsp3) is 0.875. The van der Waals surface area contributed by atoms with E-state index in [1.54, 1.807) is 0 Å². The molecular formula is C8H14F3N3O. The van der Waals surface area contributed by atoms with E-state index in [-0.39, 0.29) is 19.5 Å². The summed E-state index contributed by atoms with van der Waals surface area (Å²) < 4.78 is 38.4. The highest BCUT2D eigenvalue weighted by Gasteiger charge is 2.61. The lowest BCUT2D eigenvalue weighted by atomic mass is 9.85. The Balaban J connectivity index is 2.87. The number of halogens is 3. The van der Waals surface area contributed by atoms with E-state index in [9.17, 15) is 18.0 Å². The third kappa shape index (κ3) is 2.23. The molecule has 1 aliphatic rings. The van der Waals surface area contributed by atoms with Gasteiger partial charge < -0.3 is 5.32 Å². The van der Waals surface area contributed by atoms with Crippen molar-refractivity contribution >= 4 is 5.91 Å². The predicted octanol–water partition coefficient (Wildman–Crippen LogP) is 0.121. The van der Waals surface area contributed by atoms with Gasteiger partial charge in [0.2, 0.25) is 0 Å². The van der Waals surface area contributed by atoms with E-state index < -0.39 is 17.5 Å². The Morgan fingerprint density at radius 1 is 1.47 bits per heavy atom. The zero-order chi connectivity index (χ0) is 11.7. The van der Waals surface area contributed by atoms with Gasteiger partial charge in [-0.2, -0.15) is 13.2 Å². The Bertz CT molecular complexity index is 246. The van der Waals surface area contributed by atoms with Crippen LogP contribution in [0.1, 0.15) is 6.42 Å². The van der Waals surface area contributed by atoms with Gasteiger partial charge in [0.25, 0.3) is 5.91 Å². The molecule has 0 aliphatic carbocycles. The molecule has 0 aromatic rings. The van der Waals surface area contributed by atoms with Gasteiger partial charge in [0.1, 0.15) is 0 Å². The van der Waals surface area contributed by atoms with Crippen LogP contribution >= 0.6 is 0 Å². The van der Waals surface area contributed by atoms with Crippen LogP contribution in [0.15, 0.2) is 0 Å². The highest BCUT2D eigenvalue weighted by atomic mass is 19.4. The number of hydrazine groups is 1. The molecule has 1 aliphatic heterocycles. The van der Waals surface area contributed by atoms with Gasteiger partial charge in [-0.15, -0.1) is 0 Å². The molecule has 7 heteroatoms. The van der Waals surface area contributed by atoms with Gasteiger partial charge in [-0.1, -0.05) is 0 Å². The zero-order valence-electron chi connectivity index (χ0n) is 8.61. The van der Waals surface area contributed by atoms with Crippen molar-refractivity contribution in [1.29, 1.82) is 0 Å². The number of nitrogens with zero attached hydrogens (tertiary/aromatic N) is 1. The number of nitrogens with one attached hydrogen (secondary N) is 2. The maximum absolute atomic E-state index is 12.8. The van der Waals surface area contributed by atoms with Crippen LogP contribution in [0.5, 0.6) is 0 Å². The first kappa shape index (κ1) is 12.3. The van der Waals surface area contributed by atoms with Crippen LogP contribution in [0.3, 0.4) is 0 Å². The third-order valence-electron chi connectivity index (χ3n) is 2.46. The fourth-order valence-corrected chi connectivity index (χ4v) is 1.57. The van der Waals surface area contributed by atoms with Crippen LogP contribution in [0.25, 0.3) is 0 Å². The van der Waals surface area contributed by atoms with E-state index in [1.807, 2.05) is 0 Å². The van der Waals surface area contributed by atoms with Gasteiger partial charge in [-0.05, 0) is 13.0 Å². The molecule has 2 N–H and O–H groups in total. The van der Waals surface area contributed by atoms with Crippen molar-refractivity contribution < 1.29 is 18.0 Å². The summed E-state index contributed by atoms with van der Waals surface area (Å²) in [4.78, 5) is 11.5. The quantitative estimate of drug-likeness (QED) is 0.656. The summed E-state index contributed by atoms with van der Waals surface area (Å²) in [6, 6.07) is 0. The van der Waals surface area contributed by atoms with Crippen molar-refractivity contribution in [2.24, 2.45) is 5.41 Å². The monoisotopic (exact) mass is 225 g/mol. The Kier molecular flexibility index (Phi) is 3.25. The number of amides is 1. The van der Waals surface area contributed by atoms with Gasteiger partial charge in [0.05, 0.1) is 0 Å². The Morgan fingerprint density at radius 2 is 2.07 bits per heavy atom. The van der Waals surface area contributed by atoms with Crippen molar-refractivity contribution in [2.45, 2.75) is 12.6 Å². The molecule has 1 atom stereocenters. The highest BCUT2D eigenvalue weighted by Crippen LogP contribution is 2.43. The number of alkyl halides is 3. The van der Waals surface area contributed by atoms with Gasteiger partial charge in [0.15, 0.2) is 5.41 Å². The largest absolute Gasteiger partial charge is 0.404 e. The summed E-state index contributed by atoms with van der Waals surface area (Å²) in [7, 11) is 2.95. The van der Waals surface area contributed by atoms with E-state index in [1.165, 1.54) is 19.1 Å².